The van der Waals surface area contributed by atoms with Crippen LogP contribution in [0.5, 0.6) is 0 Å². The molecule has 3 rings (SSSR count). The van der Waals surface area contributed by atoms with Gasteiger partial charge >= 0.3 is 0 Å². The maximum absolute atomic E-state index is 11.5. The number of hydrogen-bond donors (Lipinski definition) is 1. The van der Waals surface area contributed by atoms with Gasteiger partial charge in [-0.15, -0.1) is 0 Å². The summed E-state index contributed by atoms with van der Waals surface area (Å²) in [5.74, 6) is 0.836. The molecule has 0 spiro atoms. The molecular weight excluding hydrogens is 264 g/mol. The Morgan fingerprint density at radius 2 is 2.16 bits per heavy atom. The minimum absolute atomic E-state index is 0.276. The number of rotatable bonds is 3. The van der Waals surface area contributed by atoms with Crippen LogP contribution in [-0.4, -0.2) is 48.0 Å². The SMILES string of the molecule is CCc1c[nH]c2ncnc(N3CC(S(C)(=O)=O)C3)c12. The summed E-state index contributed by atoms with van der Waals surface area (Å²) < 4.78 is 22.9. The maximum Gasteiger partial charge on any atom is 0.153 e. The largest absolute Gasteiger partial charge is 0.353 e. The molecule has 0 saturated carbocycles. The number of anilines is 1. The van der Waals surface area contributed by atoms with E-state index in [1.165, 1.54) is 12.6 Å². The highest BCUT2D eigenvalue weighted by atomic mass is 32.2. The van der Waals surface area contributed by atoms with Gasteiger partial charge in [0.15, 0.2) is 9.84 Å². The van der Waals surface area contributed by atoms with Crippen LogP contribution in [0.25, 0.3) is 11.0 Å². The summed E-state index contributed by atoms with van der Waals surface area (Å²) in [6.07, 6.45) is 5.64. The van der Waals surface area contributed by atoms with Crippen LogP contribution >= 0.6 is 0 Å². The molecule has 19 heavy (non-hydrogen) atoms. The van der Waals surface area contributed by atoms with Gasteiger partial charge in [0.25, 0.3) is 0 Å². The Hall–Kier alpha value is -1.63. The molecule has 0 unspecified atom stereocenters. The standard InChI is InChI=1S/C12H16N4O2S/c1-3-8-4-13-11-10(8)12(15-7-14-11)16-5-9(6-16)19(2,17)18/h4,7,9H,3,5-6H2,1-2H3,(H,13,14,15). The van der Waals surface area contributed by atoms with Crippen LogP contribution in [0.2, 0.25) is 0 Å². The molecule has 1 fully saturated rings. The summed E-state index contributed by atoms with van der Waals surface area (Å²) >= 11 is 0. The summed E-state index contributed by atoms with van der Waals surface area (Å²) in [4.78, 5) is 13.7. The number of aryl methyl sites for hydroxylation is 1. The summed E-state index contributed by atoms with van der Waals surface area (Å²) in [6, 6.07) is 0. The quantitative estimate of drug-likeness (QED) is 0.897. The third-order valence-corrected chi connectivity index (χ3v) is 5.17. The molecule has 0 amide bonds. The van der Waals surface area contributed by atoms with Crippen molar-refractivity contribution in [1.29, 1.82) is 0 Å². The lowest BCUT2D eigenvalue weighted by Crippen LogP contribution is -2.54. The normalized spacial score (nSPS) is 16.8. The van der Waals surface area contributed by atoms with Crippen molar-refractivity contribution in [3.63, 3.8) is 0 Å². The van der Waals surface area contributed by atoms with Gasteiger partial charge < -0.3 is 9.88 Å². The van der Waals surface area contributed by atoms with Gasteiger partial charge in [-0.1, -0.05) is 6.92 Å². The van der Waals surface area contributed by atoms with E-state index in [0.717, 1.165) is 28.8 Å². The predicted octanol–water partition coefficient (Wildman–Crippen LogP) is 0.754. The molecule has 2 aromatic rings. The van der Waals surface area contributed by atoms with Crippen molar-refractivity contribution >= 4 is 26.7 Å². The van der Waals surface area contributed by atoms with E-state index in [1.807, 2.05) is 11.1 Å². The number of nitrogens with zero attached hydrogens (tertiary/aromatic N) is 3. The third-order valence-electron chi connectivity index (χ3n) is 3.67. The Morgan fingerprint density at radius 1 is 1.42 bits per heavy atom. The van der Waals surface area contributed by atoms with Crippen LogP contribution in [0, 0.1) is 0 Å². The Morgan fingerprint density at radius 3 is 2.79 bits per heavy atom. The number of aromatic amines is 1. The first-order valence-electron chi connectivity index (χ1n) is 6.25. The first-order chi connectivity index (χ1) is 9.00. The average molecular weight is 280 g/mol. The minimum atomic E-state index is -2.96. The van der Waals surface area contributed by atoms with Gasteiger partial charge in [0.1, 0.15) is 17.8 Å². The molecule has 2 aromatic heterocycles. The van der Waals surface area contributed by atoms with Crippen LogP contribution in [-0.2, 0) is 16.3 Å². The van der Waals surface area contributed by atoms with Crippen molar-refractivity contribution in [2.45, 2.75) is 18.6 Å². The van der Waals surface area contributed by atoms with Crippen molar-refractivity contribution in [2.24, 2.45) is 0 Å². The maximum atomic E-state index is 11.5. The molecule has 0 bridgehead atoms. The second-order valence-electron chi connectivity index (χ2n) is 4.94. The van der Waals surface area contributed by atoms with Crippen LogP contribution < -0.4 is 4.90 Å². The molecule has 0 radical (unpaired) electrons. The minimum Gasteiger partial charge on any atom is -0.353 e. The monoisotopic (exact) mass is 280 g/mol. The van der Waals surface area contributed by atoms with Gasteiger partial charge in [-0.25, -0.2) is 18.4 Å². The van der Waals surface area contributed by atoms with E-state index in [0.29, 0.717) is 13.1 Å². The second kappa shape index (κ2) is 4.19. The van der Waals surface area contributed by atoms with Crippen molar-refractivity contribution in [3.05, 3.63) is 18.1 Å². The van der Waals surface area contributed by atoms with Gasteiger partial charge in [0, 0.05) is 25.5 Å². The fourth-order valence-electron chi connectivity index (χ4n) is 2.41. The number of H-pyrrole nitrogens is 1. The van der Waals surface area contributed by atoms with Crippen LogP contribution in [0.4, 0.5) is 5.82 Å². The van der Waals surface area contributed by atoms with Gasteiger partial charge in [-0.2, -0.15) is 0 Å². The van der Waals surface area contributed by atoms with Crippen molar-refractivity contribution in [2.75, 3.05) is 24.2 Å². The molecule has 102 valence electrons. The van der Waals surface area contributed by atoms with Gasteiger partial charge in [-0.3, -0.25) is 0 Å². The lowest BCUT2D eigenvalue weighted by molar-refractivity contribution is 0.545. The Kier molecular flexibility index (Phi) is 2.74. The highest BCUT2D eigenvalue weighted by Gasteiger charge is 2.36. The fraction of sp³-hybridized carbons (Fsp3) is 0.500. The average Bonchev–Trinajstić information content (AvgIpc) is 2.68. The van der Waals surface area contributed by atoms with E-state index in [-0.39, 0.29) is 5.25 Å². The molecule has 1 aliphatic heterocycles. The van der Waals surface area contributed by atoms with Crippen LogP contribution in [0.3, 0.4) is 0 Å². The first-order valence-corrected chi connectivity index (χ1v) is 8.21. The van der Waals surface area contributed by atoms with Crippen molar-refractivity contribution in [1.82, 2.24) is 15.0 Å². The van der Waals surface area contributed by atoms with E-state index >= 15 is 0 Å². The molecule has 1 aliphatic rings. The molecule has 0 aromatic carbocycles. The zero-order valence-electron chi connectivity index (χ0n) is 10.9. The van der Waals surface area contributed by atoms with E-state index < -0.39 is 9.84 Å². The van der Waals surface area contributed by atoms with Crippen LogP contribution in [0.15, 0.2) is 12.5 Å². The Balaban J connectivity index is 1.97. The fourth-order valence-corrected chi connectivity index (χ4v) is 3.31. The van der Waals surface area contributed by atoms with Gasteiger partial charge in [-0.05, 0) is 12.0 Å². The van der Waals surface area contributed by atoms with Crippen molar-refractivity contribution in [3.8, 4) is 0 Å². The van der Waals surface area contributed by atoms with Gasteiger partial charge in [0.2, 0.25) is 0 Å². The molecule has 3 heterocycles. The number of aromatic nitrogens is 3. The molecule has 1 saturated heterocycles. The van der Waals surface area contributed by atoms with Gasteiger partial charge in [0.05, 0.1) is 10.6 Å². The molecule has 0 aliphatic carbocycles. The summed E-state index contributed by atoms with van der Waals surface area (Å²) in [5.41, 5.74) is 1.97. The van der Waals surface area contributed by atoms with E-state index in [2.05, 4.69) is 21.9 Å². The second-order valence-corrected chi connectivity index (χ2v) is 7.27. The predicted molar refractivity (Wildman–Crippen MR) is 74.1 cm³/mol. The molecule has 6 nitrogen and oxygen atoms in total. The topological polar surface area (TPSA) is 79.0 Å². The van der Waals surface area contributed by atoms with E-state index in [1.54, 1.807) is 0 Å². The lowest BCUT2D eigenvalue weighted by Gasteiger charge is -2.39. The summed E-state index contributed by atoms with van der Waals surface area (Å²) in [5, 5.41) is 0.735. The van der Waals surface area contributed by atoms with Crippen LogP contribution in [0.1, 0.15) is 12.5 Å². The highest BCUT2D eigenvalue weighted by Crippen LogP contribution is 2.30. The zero-order valence-corrected chi connectivity index (χ0v) is 11.7. The lowest BCUT2D eigenvalue weighted by atomic mass is 10.1. The number of nitrogens with one attached hydrogen (secondary N) is 1. The number of hydrogen-bond acceptors (Lipinski definition) is 5. The molecular formula is C12H16N4O2S. The highest BCUT2D eigenvalue weighted by molar-refractivity contribution is 7.91. The van der Waals surface area contributed by atoms with E-state index in [9.17, 15) is 8.42 Å². The molecule has 7 heteroatoms. The Labute approximate surface area is 111 Å². The summed E-state index contributed by atoms with van der Waals surface area (Å²) in [6.45, 7) is 3.10. The number of sulfone groups is 1. The van der Waals surface area contributed by atoms with E-state index in [4.69, 9.17) is 0 Å². The first kappa shape index (κ1) is 12.4. The zero-order chi connectivity index (χ0) is 13.6. The Bertz CT molecular complexity index is 716. The third kappa shape index (κ3) is 1.98. The number of fused-ring (bicyclic) bond motifs is 1. The smallest absolute Gasteiger partial charge is 0.153 e. The molecule has 1 N–H and O–H groups in total. The molecule has 0 atom stereocenters. The summed E-state index contributed by atoms with van der Waals surface area (Å²) in [7, 11) is -2.96. The van der Waals surface area contributed by atoms with Crippen molar-refractivity contribution < 1.29 is 8.42 Å².